The summed E-state index contributed by atoms with van der Waals surface area (Å²) in [6.45, 7) is 4.07. The highest BCUT2D eigenvalue weighted by atomic mass is 32.1. The lowest BCUT2D eigenvalue weighted by Crippen LogP contribution is -2.11. The molecule has 1 aliphatic carbocycles. The van der Waals surface area contributed by atoms with Gasteiger partial charge in [0.2, 0.25) is 5.76 Å². The SMILES string of the molecule is CCc1nc(NC(=O)c2cc(C3CCCCC3)no2)sc1C. The molecule has 2 aromatic rings. The minimum absolute atomic E-state index is 0.270. The summed E-state index contributed by atoms with van der Waals surface area (Å²) in [5, 5.41) is 7.51. The number of rotatable bonds is 4. The van der Waals surface area contributed by atoms with Gasteiger partial charge in [-0.15, -0.1) is 11.3 Å². The Balaban J connectivity index is 1.68. The van der Waals surface area contributed by atoms with E-state index in [0.717, 1.165) is 35.5 Å². The zero-order valence-electron chi connectivity index (χ0n) is 13.0. The number of aromatic nitrogens is 2. The minimum Gasteiger partial charge on any atom is -0.351 e. The molecule has 2 heterocycles. The molecule has 1 N–H and O–H groups in total. The van der Waals surface area contributed by atoms with Gasteiger partial charge in [0, 0.05) is 16.9 Å². The molecule has 0 aromatic carbocycles. The first-order valence-electron chi connectivity index (χ1n) is 7.91. The van der Waals surface area contributed by atoms with Gasteiger partial charge in [-0.25, -0.2) is 4.98 Å². The first kappa shape index (κ1) is 15.2. The van der Waals surface area contributed by atoms with Crippen LogP contribution in [0.5, 0.6) is 0 Å². The fourth-order valence-electron chi connectivity index (χ4n) is 2.95. The fraction of sp³-hybridized carbons (Fsp3) is 0.562. The van der Waals surface area contributed by atoms with E-state index in [9.17, 15) is 4.79 Å². The average molecular weight is 319 g/mol. The van der Waals surface area contributed by atoms with E-state index in [-0.39, 0.29) is 11.7 Å². The predicted octanol–water partition coefficient (Wildman–Crippen LogP) is 4.30. The van der Waals surface area contributed by atoms with Crippen LogP contribution in [0.2, 0.25) is 0 Å². The van der Waals surface area contributed by atoms with Gasteiger partial charge in [-0.2, -0.15) is 0 Å². The summed E-state index contributed by atoms with van der Waals surface area (Å²) in [5.41, 5.74) is 1.94. The van der Waals surface area contributed by atoms with E-state index in [1.54, 1.807) is 6.07 Å². The lowest BCUT2D eigenvalue weighted by Gasteiger charge is -2.18. The van der Waals surface area contributed by atoms with Crippen LogP contribution >= 0.6 is 11.3 Å². The topological polar surface area (TPSA) is 68.0 Å². The molecule has 0 unspecified atom stereocenters. The summed E-state index contributed by atoms with van der Waals surface area (Å²) >= 11 is 1.49. The lowest BCUT2D eigenvalue weighted by atomic mass is 9.87. The summed E-state index contributed by atoms with van der Waals surface area (Å²) in [6.07, 6.45) is 6.91. The van der Waals surface area contributed by atoms with Crippen molar-refractivity contribution in [2.24, 2.45) is 0 Å². The Bertz CT molecular complexity index is 656. The number of aryl methyl sites for hydroxylation is 2. The van der Waals surface area contributed by atoms with E-state index in [4.69, 9.17) is 4.52 Å². The number of carbonyl (C=O) groups excluding carboxylic acids is 1. The maximum Gasteiger partial charge on any atom is 0.296 e. The molecule has 0 aliphatic heterocycles. The third-order valence-corrected chi connectivity index (χ3v) is 5.15. The molecule has 1 saturated carbocycles. The largest absolute Gasteiger partial charge is 0.351 e. The van der Waals surface area contributed by atoms with Gasteiger partial charge in [-0.1, -0.05) is 31.3 Å². The van der Waals surface area contributed by atoms with E-state index in [2.05, 4.69) is 22.4 Å². The average Bonchev–Trinajstić information content (AvgIpc) is 3.15. The van der Waals surface area contributed by atoms with Crippen LogP contribution in [-0.4, -0.2) is 16.0 Å². The van der Waals surface area contributed by atoms with Crippen LogP contribution in [0.25, 0.3) is 0 Å². The Hall–Kier alpha value is -1.69. The molecule has 0 bridgehead atoms. The van der Waals surface area contributed by atoms with E-state index in [1.165, 1.54) is 30.6 Å². The molecule has 5 nitrogen and oxygen atoms in total. The number of thiazole rings is 1. The molecule has 0 atom stereocenters. The molecular formula is C16H21N3O2S. The zero-order chi connectivity index (χ0) is 15.5. The molecule has 0 spiro atoms. The Morgan fingerprint density at radius 3 is 2.86 bits per heavy atom. The molecule has 1 amide bonds. The van der Waals surface area contributed by atoms with Crippen LogP contribution in [0, 0.1) is 6.92 Å². The molecule has 22 heavy (non-hydrogen) atoms. The van der Waals surface area contributed by atoms with Gasteiger partial charge in [0.25, 0.3) is 5.91 Å². The summed E-state index contributed by atoms with van der Waals surface area (Å²) in [4.78, 5) is 17.8. The Labute approximate surface area is 134 Å². The van der Waals surface area contributed by atoms with Gasteiger partial charge >= 0.3 is 0 Å². The fourth-order valence-corrected chi connectivity index (χ4v) is 3.85. The summed E-state index contributed by atoms with van der Waals surface area (Å²) in [5.74, 6) is 0.435. The van der Waals surface area contributed by atoms with Gasteiger partial charge < -0.3 is 4.52 Å². The molecule has 1 aliphatic rings. The van der Waals surface area contributed by atoms with Crippen molar-refractivity contribution < 1.29 is 9.32 Å². The summed E-state index contributed by atoms with van der Waals surface area (Å²) in [7, 11) is 0. The Morgan fingerprint density at radius 2 is 2.18 bits per heavy atom. The summed E-state index contributed by atoms with van der Waals surface area (Å²) < 4.78 is 5.23. The highest BCUT2D eigenvalue weighted by molar-refractivity contribution is 7.15. The maximum atomic E-state index is 12.2. The van der Waals surface area contributed by atoms with Crippen LogP contribution in [0.1, 0.15) is 71.8 Å². The number of nitrogens with one attached hydrogen (secondary N) is 1. The summed E-state index contributed by atoms with van der Waals surface area (Å²) in [6, 6.07) is 1.78. The molecular weight excluding hydrogens is 298 g/mol. The van der Waals surface area contributed by atoms with Crippen molar-refractivity contribution in [1.29, 1.82) is 0 Å². The Kier molecular flexibility index (Phi) is 4.57. The first-order chi connectivity index (χ1) is 10.7. The van der Waals surface area contributed by atoms with E-state index in [1.807, 2.05) is 6.92 Å². The van der Waals surface area contributed by atoms with Crippen molar-refractivity contribution in [1.82, 2.24) is 10.1 Å². The van der Waals surface area contributed by atoms with Crippen molar-refractivity contribution >= 4 is 22.4 Å². The molecule has 6 heteroatoms. The Morgan fingerprint density at radius 1 is 1.41 bits per heavy atom. The van der Waals surface area contributed by atoms with Crippen molar-refractivity contribution in [3.63, 3.8) is 0 Å². The number of amides is 1. The van der Waals surface area contributed by atoms with Gasteiger partial charge in [0.1, 0.15) is 0 Å². The molecule has 1 fully saturated rings. The maximum absolute atomic E-state index is 12.2. The smallest absolute Gasteiger partial charge is 0.296 e. The van der Waals surface area contributed by atoms with E-state index >= 15 is 0 Å². The second kappa shape index (κ2) is 6.60. The molecule has 3 rings (SSSR count). The third-order valence-electron chi connectivity index (χ3n) is 4.22. The molecule has 0 saturated heterocycles. The van der Waals surface area contributed by atoms with Crippen molar-refractivity contribution in [3.8, 4) is 0 Å². The standard InChI is InChI=1S/C16H21N3O2S/c1-3-12-10(2)22-16(17-12)18-15(20)14-9-13(19-21-14)11-7-5-4-6-8-11/h9,11H,3-8H2,1-2H3,(H,17,18,20). The molecule has 0 radical (unpaired) electrons. The lowest BCUT2D eigenvalue weighted by molar-refractivity contribution is 0.0987. The highest BCUT2D eigenvalue weighted by Crippen LogP contribution is 2.32. The quantitative estimate of drug-likeness (QED) is 0.912. The van der Waals surface area contributed by atoms with Gasteiger partial charge in [0.15, 0.2) is 5.13 Å². The molecule has 118 valence electrons. The number of nitrogens with zero attached hydrogens (tertiary/aromatic N) is 2. The number of hydrogen-bond donors (Lipinski definition) is 1. The van der Waals surface area contributed by atoms with Crippen LogP contribution in [0.3, 0.4) is 0 Å². The van der Waals surface area contributed by atoms with Gasteiger partial charge in [-0.3, -0.25) is 10.1 Å². The minimum atomic E-state index is -0.272. The predicted molar refractivity (Wildman–Crippen MR) is 86.5 cm³/mol. The van der Waals surface area contributed by atoms with Crippen LogP contribution in [0.4, 0.5) is 5.13 Å². The number of carbonyl (C=O) groups is 1. The third kappa shape index (κ3) is 3.21. The van der Waals surface area contributed by atoms with E-state index < -0.39 is 0 Å². The molecule has 2 aromatic heterocycles. The van der Waals surface area contributed by atoms with Gasteiger partial charge in [0.05, 0.1) is 11.4 Å². The van der Waals surface area contributed by atoms with Crippen molar-refractivity contribution in [2.45, 2.75) is 58.3 Å². The highest BCUT2D eigenvalue weighted by Gasteiger charge is 2.22. The van der Waals surface area contributed by atoms with Gasteiger partial charge in [-0.05, 0) is 26.2 Å². The monoisotopic (exact) mass is 319 g/mol. The van der Waals surface area contributed by atoms with Crippen LogP contribution in [0.15, 0.2) is 10.6 Å². The van der Waals surface area contributed by atoms with E-state index in [0.29, 0.717) is 11.0 Å². The second-order valence-corrected chi connectivity index (χ2v) is 6.98. The number of hydrogen-bond acceptors (Lipinski definition) is 5. The van der Waals surface area contributed by atoms with Crippen LogP contribution in [-0.2, 0) is 6.42 Å². The number of anilines is 1. The van der Waals surface area contributed by atoms with Crippen molar-refractivity contribution in [2.75, 3.05) is 5.32 Å². The normalized spacial score (nSPS) is 15.9. The van der Waals surface area contributed by atoms with Crippen LogP contribution < -0.4 is 5.32 Å². The first-order valence-corrected chi connectivity index (χ1v) is 8.73. The second-order valence-electron chi connectivity index (χ2n) is 5.78. The van der Waals surface area contributed by atoms with Crippen molar-refractivity contribution in [3.05, 3.63) is 28.1 Å². The zero-order valence-corrected chi connectivity index (χ0v) is 13.8.